The Morgan fingerprint density at radius 1 is 1.28 bits per heavy atom. The molecule has 0 unspecified atom stereocenters. The predicted molar refractivity (Wildman–Crippen MR) is 97.7 cm³/mol. The van der Waals surface area contributed by atoms with Crippen LogP contribution < -0.4 is 10.1 Å². The van der Waals surface area contributed by atoms with E-state index in [2.05, 4.69) is 27.3 Å². The van der Waals surface area contributed by atoms with Crippen LogP contribution in [-0.2, 0) is 26.6 Å². The van der Waals surface area contributed by atoms with Crippen LogP contribution in [0.5, 0.6) is 5.88 Å². The van der Waals surface area contributed by atoms with Gasteiger partial charge in [0.05, 0.1) is 18.1 Å². The third-order valence-corrected chi connectivity index (χ3v) is 3.91. The minimum atomic E-state index is 0.390. The van der Waals surface area contributed by atoms with Gasteiger partial charge in [0.15, 0.2) is 0 Å². The highest BCUT2D eigenvalue weighted by molar-refractivity contribution is 6.30. The fourth-order valence-electron chi connectivity index (χ4n) is 2.50. The number of anilines is 1. The van der Waals surface area contributed by atoms with E-state index in [1.54, 1.807) is 12.4 Å². The van der Waals surface area contributed by atoms with Gasteiger partial charge in [0.1, 0.15) is 12.4 Å². The molecule has 0 atom stereocenters. The smallest absolute Gasteiger partial charge is 0.234 e. The molecule has 130 valence electrons. The number of rotatable bonds is 7. The molecule has 1 aromatic carbocycles. The third-order valence-electron chi connectivity index (χ3n) is 3.67. The molecular formula is C18H20ClN5O. The lowest BCUT2D eigenvalue weighted by atomic mass is 10.2. The molecular weight excluding hydrogens is 338 g/mol. The van der Waals surface area contributed by atoms with Gasteiger partial charge < -0.3 is 10.1 Å². The molecule has 7 heteroatoms. The second-order valence-electron chi connectivity index (χ2n) is 5.64. The Hall–Kier alpha value is -2.60. The monoisotopic (exact) mass is 357 g/mol. The van der Waals surface area contributed by atoms with E-state index in [0.29, 0.717) is 29.9 Å². The number of nitrogens with one attached hydrogen (secondary N) is 1. The summed E-state index contributed by atoms with van der Waals surface area (Å²) in [7, 11) is 1.92. The van der Waals surface area contributed by atoms with Gasteiger partial charge in [0.2, 0.25) is 5.88 Å². The summed E-state index contributed by atoms with van der Waals surface area (Å²) in [5, 5.41) is 8.39. The highest BCUT2D eigenvalue weighted by Gasteiger charge is 2.07. The first-order chi connectivity index (χ1) is 12.1. The summed E-state index contributed by atoms with van der Waals surface area (Å²) >= 11 is 5.98. The Kier molecular flexibility index (Phi) is 5.50. The number of aromatic nitrogens is 4. The Morgan fingerprint density at radius 3 is 2.96 bits per heavy atom. The van der Waals surface area contributed by atoms with Crippen molar-refractivity contribution in [1.82, 2.24) is 19.7 Å². The SMILES string of the molecule is CCc1nn(C)cc1CNc1cncc(OCc2cccc(Cl)c2)n1. The zero-order valence-corrected chi connectivity index (χ0v) is 15.0. The normalized spacial score (nSPS) is 10.7. The van der Waals surface area contributed by atoms with Crippen molar-refractivity contribution in [3.63, 3.8) is 0 Å². The average Bonchev–Trinajstić information content (AvgIpc) is 2.98. The maximum absolute atomic E-state index is 5.98. The number of hydrogen-bond acceptors (Lipinski definition) is 5. The second kappa shape index (κ2) is 7.98. The molecule has 0 aliphatic carbocycles. The van der Waals surface area contributed by atoms with E-state index in [9.17, 15) is 0 Å². The lowest BCUT2D eigenvalue weighted by molar-refractivity contribution is 0.293. The Labute approximate surface area is 151 Å². The van der Waals surface area contributed by atoms with E-state index in [1.807, 2.05) is 42.2 Å². The number of ether oxygens (including phenoxy) is 1. The largest absolute Gasteiger partial charge is 0.472 e. The molecule has 0 fully saturated rings. The Morgan fingerprint density at radius 2 is 2.16 bits per heavy atom. The van der Waals surface area contributed by atoms with Crippen LogP contribution in [0.2, 0.25) is 5.02 Å². The van der Waals surface area contributed by atoms with Gasteiger partial charge in [-0.3, -0.25) is 9.67 Å². The van der Waals surface area contributed by atoms with Crippen molar-refractivity contribution in [2.75, 3.05) is 5.32 Å². The van der Waals surface area contributed by atoms with Crippen molar-refractivity contribution in [2.24, 2.45) is 7.05 Å². The van der Waals surface area contributed by atoms with Crippen molar-refractivity contribution >= 4 is 17.4 Å². The molecule has 0 bridgehead atoms. The van der Waals surface area contributed by atoms with Gasteiger partial charge in [-0.05, 0) is 24.1 Å². The molecule has 2 aromatic heterocycles. The standard InChI is InChI=1S/C18H20ClN5O/c1-3-16-14(11-24(2)23-16)8-21-17-9-20-10-18(22-17)25-12-13-5-4-6-15(19)7-13/h4-7,9-11H,3,8,12H2,1-2H3,(H,21,22). The molecule has 0 aliphatic heterocycles. The summed E-state index contributed by atoms with van der Waals surface area (Å²) in [5.41, 5.74) is 3.21. The van der Waals surface area contributed by atoms with Crippen LogP contribution in [-0.4, -0.2) is 19.7 Å². The zero-order valence-electron chi connectivity index (χ0n) is 14.2. The lowest BCUT2D eigenvalue weighted by Crippen LogP contribution is -2.05. The molecule has 2 heterocycles. The van der Waals surface area contributed by atoms with Gasteiger partial charge in [0, 0.05) is 30.4 Å². The van der Waals surface area contributed by atoms with Gasteiger partial charge in [0.25, 0.3) is 0 Å². The number of hydrogen-bond donors (Lipinski definition) is 1. The van der Waals surface area contributed by atoms with Crippen LogP contribution in [0.3, 0.4) is 0 Å². The maximum Gasteiger partial charge on any atom is 0.234 e. The zero-order chi connectivity index (χ0) is 17.6. The Balaban J connectivity index is 1.61. The first-order valence-electron chi connectivity index (χ1n) is 8.08. The maximum atomic E-state index is 5.98. The van der Waals surface area contributed by atoms with Crippen molar-refractivity contribution in [3.8, 4) is 5.88 Å². The van der Waals surface area contributed by atoms with Crippen LogP contribution in [0.1, 0.15) is 23.7 Å². The fourth-order valence-corrected chi connectivity index (χ4v) is 2.71. The summed E-state index contributed by atoms with van der Waals surface area (Å²) < 4.78 is 7.53. The molecule has 6 nitrogen and oxygen atoms in total. The van der Waals surface area contributed by atoms with Crippen LogP contribution >= 0.6 is 11.6 Å². The molecule has 0 saturated carbocycles. The van der Waals surface area contributed by atoms with Gasteiger partial charge in [-0.25, -0.2) is 0 Å². The van der Waals surface area contributed by atoms with Crippen LogP contribution in [0, 0.1) is 0 Å². The number of aryl methyl sites for hydroxylation is 2. The van der Waals surface area contributed by atoms with Gasteiger partial charge >= 0.3 is 0 Å². The summed E-state index contributed by atoms with van der Waals surface area (Å²) in [6.07, 6.45) is 6.18. The van der Waals surface area contributed by atoms with E-state index in [-0.39, 0.29) is 0 Å². The first kappa shape index (κ1) is 17.2. The number of nitrogens with zero attached hydrogens (tertiary/aromatic N) is 4. The predicted octanol–water partition coefficient (Wildman–Crippen LogP) is 3.62. The summed E-state index contributed by atoms with van der Waals surface area (Å²) in [6.45, 7) is 3.13. The van der Waals surface area contributed by atoms with Crippen LogP contribution in [0.4, 0.5) is 5.82 Å². The molecule has 0 saturated heterocycles. The quantitative estimate of drug-likeness (QED) is 0.699. The molecule has 3 rings (SSSR count). The first-order valence-corrected chi connectivity index (χ1v) is 8.46. The van der Waals surface area contributed by atoms with Gasteiger partial charge in [-0.15, -0.1) is 0 Å². The number of benzene rings is 1. The molecule has 0 radical (unpaired) electrons. The van der Waals surface area contributed by atoms with Crippen LogP contribution in [0.25, 0.3) is 0 Å². The molecule has 0 aliphatic rings. The molecule has 25 heavy (non-hydrogen) atoms. The van der Waals surface area contributed by atoms with Crippen molar-refractivity contribution < 1.29 is 4.74 Å². The van der Waals surface area contributed by atoms with E-state index < -0.39 is 0 Å². The molecule has 0 amide bonds. The van der Waals surface area contributed by atoms with Gasteiger partial charge in [-0.1, -0.05) is 30.7 Å². The summed E-state index contributed by atoms with van der Waals surface area (Å²) in [4.78, 5) is 8.61. The summed E-state index contributed by atoms with van der Waals surface area (Å²) in [5.74, 6) is 1.13. The highest BCUT2D eigenvalue weighted by Crippen LogP contribution is 2.15. The average molecular weight is 358 g/mol. The molecule has 1 N–H and O–H groups in total. The molecule has 0 spiro atoms. The van der Waals surface area contributed by atoms with E-state index in [4.69, 9.17) is 16.3 Å². The minimum Gasteiger partial charge on any atom is -0.472 e. The molecule has 3 aromatic rings. The summed E-state index contributed by atoms with van der Waals surface area (Å²) in [6, 6.07) is 7.55. The van der Waals surface area contributed by atoms with E-state index in [1.165, 1.54) is 0 Å². The fraction of sp³-hybridized carbons (Fsp3) is 0.278. The Bertz CT molecular complexity index is 849. The van der Waals surface area contributed by atoms with Crippen LogP contribution in [0.15, 0.2) is 42.9 Å². The van der Waals surface area contributed by atoms with Crippen molar-refractivity contribution in [1.29, 1.82) is 0 Å². The lowest BCUT2D eigenvalue weighted by Gasteiger charge is -2.08. The second-order valence-corrected chi connectivity index (χ2v) is 6.08. The van der Waals surface area contributed by atoms with Gasteiger partial charge in [-0.2, -0.15) is 10.1 Å². The van der Waals surface area contributed by atoms with Crippen molar-refractivity contribution in [3.05, 3.63) is 64.7 Å². The van der Waals surface area contributed by atoms with E-state index in [0.717, 1.165) is 23.2 Å². The third kappa shape index (κ3) is 4.70. The number of halogens is 1. The minimum absolute atomic E-state index is 0.390. The van der Waals surface area contributed by atoms with E-state index >= 15 is 0 Å². The van der Waals surface area contributed by atoms with Crippen molar-refractivity contribution in [2.45, 2.75) is 26.5 Å². The highest BCUT2D eigenvalue weighted by atomic mass is 35.5. The topological polar surface area (TPSA) is 64.9 Å².